The Morgan fingerprint density at radius 3 is 2.70 bits per heavy atom. The summed E-state index contributed by atoms with van der Waals surface area (Å²) >= 11 is 2.12. The molecule has 0 N–H and O–H groups in total. The number of rotatable bonds is 2. The van der Waals surface area contributed by atoms with Crippen LogP contribution in [0.5, 0.6) is 0 Å². The van der Waals surface area contributed by atoms with Crippen molar-refractivity contribution < 1.29 is 18.3 Å². The summed E-state index contributed by atoms with van der Waals surface area (Å²) in [5.41, 5.74) is 0. The van der Waals surface area contributed by atoms with Crippen LogP contribution in [0.2, 0.25) is 0 Å². The molecule has 0 radical (unpaired) electrons. The highest BCUT2D eigenvalue weighted by Crippen LogP contribution is 2.00. The van der Waals surface area contributed by atoms with Crippen molar-refractivity contribution in [1.29, 1.82) is 0 Å². The summed E-state index contributed by atoms with van der Waals surface area (Å²) in [5.74, 6) is 0. The van der Waals surface area contributed by atoms with E-state index in [2.05, 4.69) is 4.74 Å². The zero-order valence-electron chi connectivity index (χ0n) is 5.07. The molecular formula is C3H5ClNO4S-. The molecular weight excluding hydrogens is 182 g/mol. The first-order valence-electron chi connectivity index (χ1n) is 2.31. The highest BCUT2D eigenvalue weighted by Gasteiger charge is 2.11. The van der Waals surface area contributed by atoms with Crippen LogP contribution in [0.15, 0.2) is 0 Å². The third kappa shape index (κ3) is 3.00. The maximum atomic E-state index is 10.4. The van der Waals surface area contributed by atoms with Gasteiger partial charge in [0, 0.05) is 11.8 Å². The second kappa shape index (κ2) is 4.48. The fourth-order valence-corrected chi connectivity index (χ4v) is 0.458. The van der Waals surface area contributed by atoms with Crippen molar-refractivity contribution in [2.45, 2.75) is 6.92 Å². The molecule has 0 aromatic carbocycles. The van der Waals surface area contributed by atoms with E-state index in [4.69, 9.17) is 11.8 Å². The molecule has 0 saturated heterocycles. The van der Waals surface area contributed by atoms with Gasteiger partial charge in [-0.3, -0.25) is 4.21 Å². The van der Waals surface area contributed by atoms with Crippen LogP contribution in [0.3, 0.4) is 0 Å². The third-order valence-corrected chi connectivity index (χ3v) is 1.43. The van der Waals surface area contributed by atoms with Crippen LogP contribution >= 0.6 is 11.8 Å². The molecule has 5 nitrogen and oxygen atoms in total. The SMILES string of the molecule is CCOC(=O)N(Cl)S(=O)[O-]. The lowest BCUT2D eigenvalue weighted by molar-refractivity contribution is 0.145. The van der Waals surface area contributed by atoms with Gasteiger partial charge in [0.05, 0.1) is 17.9 Å². The van der Waals surface area contributed by atoms with Crippen LogP contribution in [0, 0.1) is 0 Å². The van der Waals surface area contributed by atoms with Crippen molar-refractivity contribution in [3.63, 3.8) is 0 Å². The number of nitrogens with zero attached hydrogens (tertiary/aromatic N) is 1. The van der Waals surface area contributed by atoms with E-state index >= 15 is 0 Å². The van der Waals surface area contributed by atoms with Gasteiger partial charge in [-0.1, -0.05) is 0 Å². The Morgan fingerprint density at radius 2 is 2.40 bits per heavy atom. The molecule has 60 valence electrons. The second-order valence-corrected chi connectivity index (χ2v) is 2.50. The number of hydrogen-bond acceptors (Lipinski definition) is 4. The molecule has 0 rings (SSSR count). The fourth-order valence-electron chi connectivity index (χ4n) is 0.235. The first-order valence-corrected chi connectivity index (χ1v) is 3.68. The normalized spacial score (nSPS) is 12.3. The maximum Gasteiger partial charge on any atom is 0.436 e. The van der Waals surface area contributed by atoms with Crippen molar-refractivity contribution in [3.8, 4) is 0 Å². The van der Waals surface area contributed by atoms with E-state index in [9.17, 15) is 13.6 Å². The Balaban J connectivity index is 3.82. The van der Waals surface area contributed by atoms with E-state index in [1.807, 2.05) is 0 Å². The summed E-state index contributed by atoms with van der Waals surface area (Å²) in [6, 6.07) is 0. The minimum Gasteiger partial charge on any atom is -0.754 e. The van der Waals surface area contributed by atoms with E-state index < -0.39 is 17.4 Å². The lowest BCUT2D eigenvalue weighted by Gasteiger charge is -2.13. The molecule has 10 heavy (non-hydrogen) atoms. The highest BCUT2D eigenvalue weighted by molar-refractivity contribution is 7.78. The third-order valence-electron chi connectivity index (χ3n) is 0.542. The van der Waals surface area contributed by atoms with Crippen LogP contribution < -0.4 is 0 Å². The van der Waals surface area contributed by atoms with E-state index in [1.54, 1.807) is 0 Å². The van der Waals surface area contributed by atoms with Gasteiger partial charge >= 0.3 is 6.09 Å². The van der Waals surface area contributed by atoms with Gasteiger partial charge in [-0.2, -0.15) is 0 Å². The van der Waals surface area contributed by atoms with Crippen LogP contribution in [-0.2, 0) is 16.0 Å². The molecule has 0 aromatic rings. The topological polar surface area (TPSA) is 69.7 Å². The molecule has 0 aliphatic carbocycles. The zero-order valence-corrected chi connectivity index (χ0v) is 6.65. The van der Waals surface area contributed by atoms with Crippen molar-refractivity contribution in [3.05, 3.63) is 0 Å². The molecule has 0 spiro atoms. The van der Waals surface area contributed by atoms with Gasteiger partial charge in [0.2, 0.25) is 0 Å². The average Bonchev–Trinajstić information content (AvgIpc) is 1.87. The first kappa shape index (κ1) is 9.67. The van der Waals surface area contributed by atoms with Crippen molar-refractivity contribution in [2.75, 3.05) is 6.61 Å². The Hall–Kier alpha value is -0.330. The predicted octanol–water partition coefficient (Wildman–Crippen LogP) is 0.393. The number of halogens is 1. The number of hydrogen-bond donors (Lipinski definition) is 0. The van der Waals surface area contributed by atoms with Gasteiger partial charge in [-0.25, -0.2) is 4.79 Å². The summed E-state index contributed by atoms with van der Waals surface area (Å²) in [5, 5.41) is 0. The Morgan fingerprint density at radius 1 is 1.90 bits per heavy atom. The Kier molecular flexibility index (Phi) is 4.33. The molecule has 0 heterocycles. The smallest absolute Gasteiger partial charge is 0.436 e. The molecule has 1 atom stereocenters. The molecule has 0 aliphatic rings. The van der Waals surface area contributed by atoms with Gasteiger partial charge in [0.15, 0.2) is 0 Å². The van der Waals surface area contributed by atoms with Crippen LogP contribution in [0.1, 0.15) is 6.92 Å². The molecule has 7 heteroatoms. The van der Waals surface area contributed by atoms with Gasteiger partial charge in [-0.15, -0.1) is 3.82 Å². The van der Waals surface area contributed by atoms with Gasteiger partial charge < -0.3 is 9.29 Å². The molecule has 1 unspecified atom stereocenters. The highest BCUT2D eigenvalue weighted by atomic mass is 35.5. The minimum absolute atomic E-state index is 0.0521. The molecule has 0 saturated carbocycles. The molecule has 0 aliphatic heterocycles. The van der Waals surface area contributed by atoms with E-state index in [0.29, 0.717) is 0 Å². The van der Waals surface area contributed by atoms with E-state index in [1.165, 1.54) is 6.92 Å². The number of carbonyl (C=O) groups is 1. The summed E-state index contributed by atoms with van der Waals surface area (Å²) < 4.78 is 24.0. The standard InChI is InChI=1S/C3H6ClNO4S/c1-2-9-3(6)5(4)10(7)8/h2H2,1H3,(H,7,8)/p-1. The number of carbonyl (C=O) groups excluding carboxylic acids is 1. The number of ether oxygens (including phenoxy) is 1. The quantitative estimate of drug-likeness (QED) is 0.462. The van der Waals surface area contributed by atoms with E-state index in [0.717, 1.165) is 0 Å². The lowest BCUT2D eigenvalue weighted by atomic mass is 10.9. The fraction of sp³-hybridized carbons (Fsp3) is 0.667. The van der Waals surface area contributed by atoms with Crippen LogP contribution in [0.25, 0.3) is 0 Å². The summed E-state index contributed by atoms with van der Waals surface area (Å²) in [4.78, 5) is 10.4. The molecule has 0 bridgehead atoms. The van der Waals surface area contributed by atoms with Crippen molar-refractivity contribution in [1.82, 2.24) is 3.82 Å². The predicted molar refractivity (Wildman–Crippen MR) is 33.6 cm³/mol. The Bertz CT molecular complexity index is 151. The van der Waals surface area contributed by atoms with Crippen molar-refractivity contribution >= 4 is 29.1 Å². The summed E-state index contributed by atoms with van der Waals surface area (Å²) in [6.07, 6.45) is -1.10. The van der Waals surface area contributed by atoms with Gasteiger partial charge in [-0.05, 0) is 6.92 Å². The molecule has 0 aromatic heterocycles. The average molecular weight is 187 g/mol. The van der Waals surface area contributed by atoms with E-state index in [-0.39, 0.29) is 10.4 Å². The molecule has 0 fully saturated rings. The first-order chi connectivity index (χ1) is 4.59. The van der Waals surface area contributed by atoms with Crippen LogP contribution in [-0.4, -0.2) is 25.3 Å². The number of amides is 1. The summed E-state index contributed by atoms with van der Waals surface area (Å²) in [6.45, 7) is 1.62. The molecule has 1 amide bonds. The lowest BCUT2D eigenvalue weighted by Crippen LogP contribution is -2.24. The second-order valence-electron chi connectivity index (χ2n) is 1.16. The minimum atomic E-state index is -2.77. The largest absolute Gasteiger partial charge is 0.754 e. The monoisotopic (exact) mass is 186 g/mol. The summed E-state index contributed by atoms with van der Waals surface area (Å²) in [7, 11) is 0. The van der Waals surface area contributed by atoms with Crippen LogP contribution in [0.4, 0.5) is 4.79 Å². The zero-order chi connectivity index (χ0) is 8.15. The maximum absolute atomic E-state index is 10.4. The van der Waals surface area contributed by atoms with Gasteiger partial charge in [0.25, 0.3) is 0 Å². The van der Waals surface area contributed by atoms with Crippen molar-refractivity contribution in [2.24, 2.45) is 0 Å². The van der Waals surface area contributed by atoms with Gasteiger partial charge in [0.1, 0.15) is 0 Å². The Labute approximate surface area is 65.4 Å².